The van der Waals surface area contributed by atoms with Crippen LogP contribution >= 0.6 is 24.4 Å². The maximum atomic E-state index is 10.9. The summed E-state index contributed by atoms with van der Waals surface area (Å²) < 4.78 is 0. The highest BCUT2D eigenvalue weighted by Gasteiger charge is 2.19. The molecule has 0 aromatic carbocycles. The second kappa shape index (κ2) is 6.51. The fraction of sp³-hybridized carbons (Fsp3) is 0.300. The summed E-state index contributed by atoms with van der Waals surface area (Å²) in [6.07, 6.45) is 1.61. The van der Waals surface area contributed by atoms with Crippen molar-refractivity contribution < 1.29 is 14.7 Å². The number of carboxylic acids is 1. The number of aliphatic carboxylic acids is 1. The van der Waals surface area contributed by atoms with Gasteiger partial charge in [0, 0.05) is 23.8 Å². The minimum atomic E-state index is -1.07. The van der Waals surface area contributed by atoms with Crippen LogP contribution in [0.15, 0.2) is 28.3 Å². The summed E-state index contributed by atoms with van der Waals surface area (Å²) in [6, 6.07) is 2.59. The van der Waals surface area contributed by atoms with Crippen molar-refractivity contribution in [2.75, 3.05) is 5.75 Å². The third-order valence-corrected chi connectivity index (χ3v) is 3.42. The molecule has 1 heterocycles. The van der Waals surface area contributed by atoms with Crippen LogP contribution in [0.3, 0.4) is 0 Å². The molecular formula is C10H12N2O3S2. The van der Waals surface area contributed by atoms with Crippen LogP contribution in [0, 0.1) is 0 Å². The summed E-state index contributed by atoms with van der Waals surface area (Å²) in [7, 11) is 0. The SMILES string of the molecule is CC(=O)NC(CSc1ncccc1S)C(=O)O. The van der Waals surface area contributed by atoms with Crippen LogP contribution in [0.1, 0.15) is 6.92 Å². The molecular weight excluding hydrogens is 260 g/mol. The average molecular weight is 272 g/mol. The maximum Gasteiger partial charge on any atom is 0.327 e. The quantitative estimate of drug-likeness (QED) is 0.551. The van der Waals surface area contributed by atoms with Gasteiger partial charge in [-0.05, 0) is 12.1 Å². The van der Waals surface area contributed by atoms with Crippen molar-refractivity contribution in [3.63, 3.8) is 0 Å². The lowest BCUT2D eigenvalue weighted by Gasteiger charge is -2.12. The van der Waals surface area contributed by atoms with E-state index in [9.17, 15) is 9.59 Å². The minimum absolute atomic E-state index is 0.208. The van der Waals surface area contributed by atoms with Crippen molar-refractivity contribution in [3.8, 4) is 0 Å². The van der Waals surface area contributed by atoms with Crippen molar-refractivity contribution in [1.82, 2.24) is 10.3 Å². The molecule has 0 aliphatic rings. The molecule has 0 bridgehead atoms. The number of hydrogen-bond acceptors (Lipinski definition) is 5. The molecule has 0 saturated carbocycles. The van der Waals surface area contributed by atoms with E-state index in [0.29, 0.717) is 9.92 Å². The average Bonchev–Trinajstić information content (AvgIpc) is 2.25. The number of pyridine rings is 1. The highest BCUT2D eigenvalue weighted by molar-refractivity contribution is 7.99. The molecule has 0 fully saturated rings. The van der Waals surface area contributed by atoms with Gasteiger partial charge in [0.1, 0.15) is 11.1 Å². The van der Waals surface area contributed by atoms with Gasteiger partial charge in [-0.2, -0.15) is 0 Å². The number of rotatable bonds is 5. The molecule has 2 N–H and O–H groups in total. The van der Waals surface area contributed by atoms with E-state index in [-0.39, 0.29) is 11.7 Å². The van der Waals surface area contributed by atoms with Crippen LogP contribution in [0.5, 0.6) is 0 Å². The lowest BCUT2D eigenvalue weighted by Crippen LogP contribution is -2.41. The zero-order valence-electron chi connectivity index (χ0n) is 9.08. The first-order valence-electron chi connectivity index (χ1n) is 4.77. The lowest BCUT2D eigenvalue weighted by atomic mass is 10.3. The fourth-order valence-electron chi connectivity index (χ4n) is 1.08. The van der Waals surface area contributed by atoms with Gasteiger partial charge in [-0.3, -0.25) is 4.79 Å². The molecule has 7 heteroatoms. The minimum Gasteiger partial charge on any atom is -0.480 e. The largest absolute Gasteiger partial charge is 0.480 e. The molecule has 5 nitrogen and oxygen atoms in total. The predicted octanol–water partition coefficient (Wildman–Crippen LogP) is 1.05. The van der Waals surface area contributed by atoms with Crippen LogP contribution in [-0.4, -0.2) is 33.8 Å². The number of carbonyl (C=O) groups excluding carboxylic acids is 1. The van der Waals surface area contributed by atoms with Gasteiger partial charge in [-0.15, -0.1) is 24.4 Å². The number of carbonyl (C=O) groups is 2. The molecule has 92 valence electrons. The van der Waals surface area contributed by atoms with Gasteiger partial charge >= 0.3 is 5.97 Å². The first kappa shape index (κ1) is 13.9. The number of nitrogens with zero attached hydrogens (tertiary/aromatic N) is 1. The molecule has 0 aliphatic carbocycles. The van der Waals surface area contributed by atoms with Crippen molar-refractivity contribution in [2.45, 2.75) is 22.9 Å². The van der Waals surface area contributed by atoms with Gasteiger partial charge in [-0.25, -0.2) is 9.78 Å². The second-order valence-electron chi connectivity index (χ2n) is 3.23. The Morgan fingerprint density at radius 1 is 1.65 bits per heavy atom. The summed E-state index contributed by atoms with van der Waals surface area (Å²) in [6.45, 7) is 1.28. The van der Waals surface area contributed by atoms with Crippen LogP contribution in [-0.2, 0) is 9.59 Å². The van der Waals surface area contributed by atoms with Crippen molar-refractivity contribution in [1.29, 1.82) is 0 Å². The molecule has 1 aromatic heterocycles. The van der Waals surface area contributed by atoms with E-state index in [2.05, 4.69) is 22.9 Å². The zero-order chi connectivity index (χ0) is 12.8. The summed E-state index contributed by atoms with van der Waals surface area (Å²) >= 11 is 5.45. The monoisotopic (exact) mass is 272 g/mol. The maximum absolute atomic E-state index is 10.9. The number of hydrogen-bond donors (Lipinski definition) is 3. The van der Waals surface area contributed by atoms with Gasteiger partial charge in [0.05, 0.1) is 0 Å². The van der Waals surface area contributed by atoms with Crippen LogP contribution in [0.2, 0.25) is 0 Å². The third-order valence-electron chi connectivity index (χ3n) is 1.81. The highest BCUT2D eigenvalue weighted by atomic mass is 32.2. The summed E-state index contributed by atoms with van der Waals surface area (Å²) in [5, 5.41) is 11.9. The fourth-order valence-corrected chi connectivity index (χ4v) is 2.32. The number of aromatic nitrogens is 1. The highest BCUT2D eigenvalue weighted by Crippen LogP contribution is 2.23. The van der Waals surface area contributed by atoms with Gasteiger partial charge in [0.25, 0.3) is 0 Å². The Morgan fingerprint density at radius 3 is 2.88 bits per heavy atom. The second-order valence-corrected chi connectivity index (χ2v) is 4.72. The van der Waals surface area contributed by atoms with Crippen LogP contribution in [0.25, 0.3) is 0 Å². The summed E-state index contributed by atoms with van der Waals surface area (Å²) in [4.78, 5) is 26.5. The Hall–Kier alpha value is -1.21. The summed E-state index contributed by atoms with van der Waals surface area (Å²) in [5.74, 6) is -1.23. The molecule has 1 amide bonds. The predicted molar refractivity (Wildman–Crippen MR) is 67.5 cm³/mol. The molecule has 1 atom stereocenters. The topological polar surface area (TPSA) is 79.3 Å². The molecule has 0 radical (unpaired) electrons. The zero-order valence-corrected chi connectivity index (χ0v) is 10.8. The van der Waals surface area contributed by atoms with Crippen LogP contribution < -0.4 is 5.32 Å². The van der Waals surface area contributed by atoms with Gasteiger partial charge in [0.15, 0.2) is 0 Å². The lowest BCUT2D eigenvalue weighted by molar-refractivity contribution is -0.140. The Labute approximate surface area is 108 Å². The van der Waals surface area contributed by atoms with E-state index in [0.717, 1.165) is 0 Å². The number of thiol groups is 1. The molecule has 1 aromatic rings. The number of thioether (sulfide) groups is 1. The number of amides is 1. The molecule has 0 aliphatic heterocycles. The van der Waals surface area contributed by atoms with Crippen molar-refractivity contribution >= 4 is 36.3 Å². The standard InChI is InChI=1S/C10H12N2O3S2/c1-6(13)12-7(10(14)15)5-17-9-8(16)3-2-4-11-9/h2-4,7,16H,5H2,1H3,(H,12,13)(H,14,15). The summed E-state index contributed by atoms with van der Waals surface area (Å²) in [5.41, 5.74) is 0. The van der Waals surface area contributed by atoms with E-state index >= 15 is 0 Å². The Balaban J connectivity index is 2.61. The number of carboxylic acid groups (broad SMARTS) is 1. The van der Waals surface area contributed by atoms with E-state index in [1.807, 2.05) is 0 Å². The van der Waals surface area contributed by atoms with Gasteiger partial charge in [0.2, 0.25) is 5.91 Å². The van der Waals surface area contributed by atoms with Gasteiger partial charge < -0.3 is 10.4 Å². The Kier molecular flexibility index (Phi) is 5.30. The first-order chi connectivity index (χ1) is 8.00. The van der Waals surface area contributed by atoms with Crippen molar-refractivity contribution in [2.24, 2.45) is 0 Å². The van der Waals surface area contributed by atoms with E-state index in [1.54, 1.807) is 18.3 Å². The molecule has 1 unspecified atom stereocenters. The van der Waals surface area contributed by atoms with Gasteiger partial charge in [-0.1, -0.05) is 0 Å². The van der Waals surface area contributed by atoms with E-state index < -0.39 is 12.0 Å². The third kappa shape index (κ3) is 4.66. The van der Waals surface area contributed by atoms with Crippen molar-refractivity contribution in [3.05, 3.63) is 18.3 Å². The Morgan fingerprint density at radius 2 is 2.35 bits per heavy atom. The normalized spacial score (nSPS) is 11.9. The molecule has 17 heavy (non-hydrogen) atoms. The van der Waals surface area contributed by atoms with E-state index in [1.165, 1.54) is 18.7 Å². The first-order valence-corrected chi connectivity index (χ1v) is 6.20. The smallest absolute Gasteiger partial charge is 0.327 e. The van der Waals surface area contributed by atoms with Crippen LogP contribution in [0.4, 0.5) is 0 Å². The molecule has 0 spiro atoms. The Bertz CT molecular complexity index is 426. The van der Waals surface area contributed by atoms with E-state index in [4.69, 9.17) is 5.11 Å². The molecule has 1 rings (SSSR count). The molecule has 0 saturated heterocycles. The number of nitrogens with one attached hydrogen (secondary N) is 1.